The van der Waals surface area contributed by atoms with Crippen molar-refractivity contribution in [2.45, 2.75) is 0 Å². The maximum absolute atomic E-state index is 6.06. The molecule has 0 atom stereocenters. The minimum atomic E-state index is -0.333. The molecule has 0 saturated heterocycles. The van der Waals surface area contributed by atoms with Gasteiger partial charge in [0.2, 0.25) is 0 Å². The second kappa shape index (κ2) is 22.7. The average Bonchev–Trinajstić information content (AvgIpc) is 1.33. The summed E-state index contributed by atoms with van der Waals surface area (Å²) in [5.41, 5.74) is 8.94. The number of guanidine groups is 1. The first kappa shape index (κ1) is 22.4. The molecule has 0 heterocycles. The van der Waals surface area contributed by atoms with Crippen LogP contribution in [-0.2, 0) is 0 Å². The third kappa shape index (κ3) is 259. The van der Waals surface area contributed by atoms with Crippen LogP contribution in [0.5, 0.6) is 0 Å². The minimum absolute atomic E-state index is 0. The van der Waals surface area contributed by atoms with E-state index in [1.165, 1.54) is 0 Å². The van der Waals surface area contributed by atoms with Crippen molar-refractivity contribution in [1.29, 1.82) is 10.8 Å². The van der Waals surface area contributed by atoms with E-state index in [1.54, 1.807) is 5.16 Å². The van der Waals surface area contributed by atoms with E-state index in [1.807, 2.05) is 0 Å². The third-order valence-electron chi connectivity index (χ3n) is 0. The number of hydrogen-bond donors (Lipinski definition) is 4. The van der Waals surface area contributed by atoms with Crippen molar-refractivity contribution in [2.24, 2.45) is 11.5 Å². The Hall–Kier alpha value is 1.41. The molecule has 0 aliphatic rings. The Morgan fingerprint density at radius 1 is 1.44 bits per heavy atom. The van der Waals surface area contributed by atoms with Crippen LogP contribution in [0, 0.1) is 10.8 Å². The second-order valence-corrected chi connectivity index (χ2v) is 0.762. The predicted molar refractivity (Wildman–Crippen MR) is 45.8 cm³/mol. The Kier molecular flexibility index (Phi) is 56.7. The van der Waals surface area contributed by atoms with Crippen LogP contribution in [0.4, 0.5) is 0 Å². The number of hydrogen-bond acceptors (Lipinski definition) is 3. The van der Waals surface area contributed by atoms with E-state index in [0.717, 1.165) is 0 Å². The summed E-state index contributed by atoms with van der Waals surface area (Å²) in [5, 5.41) is 13.4. The normalized spacial score (nSPS) is 3.56. The van der Waals surface area contributed by atoms with Crippen molar-refractivity contribution in [3.63, 3.8) is 0 Å². The van der Waals surface area contributed by atoms with Gasteiger partial charge in [0.15, 0.2) is 5.96 Å². The van der Waals surface area contributed by atoms with Crippen molar-refractivity contribution >= 4 is 105 Å². The molecule has 0 aliphatic heterocycles. The van der Waals surface area contributed by atoms with E-state index in [2.05, 4.69) is 23.7 Å². The molecule has 0 unspecified atom stereocenters. The van der Waals surface area contributed by atoms with Crippen LogP contribution >= 0.6 is 24.6 Å². The zero-order valence-corrected chi connectivity index (χ0v) is 5.60. The molecule has 0 rings (SSSR count). The summed E-state index contributed by atoms with van der Waals surface area (Å²) < 4.78 is 0. The van der Waals surface area contributed by atoms with Crippen LogP contribution in [-0.4, -0.2) is 80.0 Å². The molecule has 0 bridgehead atoms. The second-order valence-electron chi connectivity index (χ2n) is 0.557. The molecule has 0 aliphatic carbocycles. The molecule has 0 spiro atoms. The summed E-state index contributed by atoms with van der Waals surface area (Å²) in [5.74, 6) is -0.333. The van der Waals surface area contributed by atoms with E-state index in [9.17, 15) is 0 Å². The monoisotopic (exact) mass is 288 g/mol. The molecule has 0 aromatic rings. The van der Waals surface area contributed by atoms with Crippen molar-refractivity contribution < 1.29 is 0 Å². The number of isothiocyanates is 1. The first-order chi connectivity index (χ1) is 3.15. The molecule has 7 heteroatoms. The standard InChI is InChI=1S/CH5N3.CHNS.ClH.Cs.H/c2-1(3)4;2-1-3;;;/h(H5,2,3,4);2H;1H;;. The molecule has 50 valence electrons. The molecule has 0 saturated carbocycles. The average molecular weight is 289 g/mol. The van der Waals surface area contributed by atoms with Gasteiger partial charge >= 0.3 is 68.9 Å². The Balaban J connectivity index is -0.0000000233. The van der Waals surface area contributed by atoms with Gasteiger partial charge in [-0.05, 0) is 12.2 Å². The van der Waals surface area contributed by atoms with Gasteiger partial charge in [-0.1, -0.05) is 0 Å². The molecular formula is C2H8ClCsN4S. The predicted octanol–water partition coefficient (Wildman–Crippen LogP) is -0.720. The molecule has 0 radical (unpaired) electrons. The maximum atomic E-state index is 6.06. The molecule has 4 nitrogen and oxygen atoms in total. The number of thiocarbonyl (C=S) groups is 1. The topological polar surface area (TPSA) is 99.7 Å². The first-order valence-corrected chi connectivity index (χ1v) is 1.69. The van der Waals surface area contributed by atoms with E-state index < -0.39 is 0 Å². The van der Waals surface area contributed by atoms with Gasteiger partial charge in [0, 0.05) is 0 Å². The van der Waals surface area contributed by atoms with Gasteiger partial charge in [-0.2, -0.15) is 0 Å². The summed E-state index contributed by atoms with van der Waals surface area (Å²) in [6.45, 7) is 0. The molecular weight excluding hydrogens is 280 g/mol. The molecule has 9 heavy (non-hydrogen) atoms. The molecule has 6 N–H and O–H groups in total. The van der Waals surface area contributed by atoms with Gasteiger partial charge < -0.3 is 11.5 Å². The zero-order chi connectivity index (χ0) is 6.28. The van der Waals surface area contributed by atoms with E-state index in [-0.39, 0.29) is 87.3 Å². The molecule has 0 amide bonds. The fourth-order valence-corrected chi connectivity index (χ4v) is 0. The summed E-state index contributed by atoms with van der Waals surface area (Å²) >= 11 is 3.81. The first-order valence-electron chi connectivity index (χ1n) is 1.28. The number of nitrogens with two attached hydrogens (primary N) is 2. The third-order valence-corrected chi connectivity index (χ3v) is 0. The van der Waals surface area contributed by atoms with E-state index >= 15 is 0 Å². The fraction of sp³-hybridized carbons (Fsp3) is 0. The van der Waals surface area contributed by atoms with Crippen LogP contribution in [0.15, 0.2) is 0 Å². The summed E-state index contributed by atoms with van der Waals surface area (Å²) in [6.07, 6.45) is 0. The van der Waals surface area contributed by atoms with Crippen LogP contribution in [0.3, 0.4) is 0 Å². The fourth-order valence-electron chi connectivity index (χ4n) is 0. The van der Waals surface area contributed by atoms with Gasteiger partial charge in [-0.25, -0.2) is 5.41 Å². The van der Waals surface area contributed by atoms with Crippen molar-refractivity contribution in [2.75, 3.05) is 0 Å². The van der Waals surface area contributed by atoms with E-state index in [4.69, 9.17) is 10.8 Å². The van der Waals surface area contributed by atoms with Gasteiger partial charge in [0.25, 0.3) is 0 Å². The van der Waals surface area contributed by atoms with Crippen LogP contribution in [0.25, 0.3) is 0 Å². The number of rotatable bonds is 0. The number of nitrogens with one attached hydrogen (secondary N) is 2. The van der Waals surface area contributed by atoms with Crippen molar-refractivity contribution in [3.8, 4) is 0 Å². The van der Waals surface area contributed by atoms with E-state index in [0.29, 0.717) is 0 Å². The molecule has 0 aromatic carbocycles. The van der Waals surface area contributed by atoms with Gasteiger partial charge in [0.05, 0.1) is 5.16 Å². The Morgan fingerprint density at radius 3 is 1.44 bits per heavy atom. The van der Waals surface area contributed by atoms with Gasteiger partial charge in [-0.15, -0.1) is 12.4 Å². The number of halogens is 1. The van der Waals surface area contributed by atoms with Crippen LogP contribution in [0.2, 0.25) is 0 Å². The zero-order valence-electron chi connectivity index (χ0n) is 3.97. The Labute approximate surface area is 124 Å². The summed E-state index contributed by atoms with van der Waals surface area (Å²) in [6, 6.07) is 0. The van der Waals surface area contributed by atoms with Gasteiger partial charge in [-0.3, -0.25) is 5.41 Å². The molecule has 0 aromatic heterocycles. The summed E-state index contributed by atoms with van der Waals surface area (Å²) in [7, 11) is 0. The SMILES string of the molecule is Cl.N=C(N)N.N=C=S.[CsH]. The van der Waals surface area contributed by atoms with Gasteiger partial charge in [0.1, 0.15) is 0 Å². The summed E-state index contributed by atoms with van der Waals surface area (Å²) in [4.78, 5) is 0. The van der Waals surface area contributed by atoms with Crippen LogP contribution < -0.4 is 11.5 Å². The Bertz CT molecular complexity index is 86.6. The van der Waals surface area contributed by atoms with Crippen molar-refractivity contribution in [3.05, 3.63) is 0 Å². The molecule has 0 fully saturated rings. The van der Waals surface area contributed by atoms with Crippen LogP contribution in [0.1, 0.15) is 0 Å². The van der Waals surface area contributed by atoms with Crippen molar-refractivity contribution in [1.82, 2.24) is 0 Å². The Morgan fingerprint density at radius 2 is 1.44 bits per heavy atom. The quantitative estimate of drug-likeness (QED) is 0.269.